The molecule has 0 aromatic heterocycles. The van der Waals surface area contributed by atoms with Gasteiger partial charge in [-0.25, -0.2) is 0 Å². The van der Waals surface area contributed by atoms with Crippen molar-refractivity contribution in [1.82, 2.24) is 0 Å². The molecule has 0 saturated carbocycles. The molecule has 1 aromatic carbocycles. The maximum absolute atomic E-state index is 12.5. The number of nitro groups is 1. The largest absolute Gasteiger partial charge is 0.502 e. The van der Waals surface area contributed by atoms with E-state index in [2.05, 4.69) is 0 Å². The quantitative estimate of drug-likeness (QED) is 0.633. The highest BCUT2D eigenvalue weighted by Gasteiger charge is 2.40. The molecular weight excluding hydrogens is 241 g/mol. The van der Waals surface area contributed by atoms with E-state index in [-0.39, 0.29) is 5.56 Å². The molecule has 0 aliphatic rings. The SMILES string of the molecule is NCC(c1ccc([N+](=O)[O-])c(O)c1)C(F)(F)F. The molecule has 1 rings (SSSR count). The highest BCUT2D eigenvalue weighted by Crippen LogP contribution is 2.37. The molecule has 5 nitrogen and oxygen atoms in total. The number of hydrogen-bond acceptors (Lipinski definition) is 4. The number of aromatic hydroxyl groups is 1. The summed E-state index contributed by atoms with van der Waals surface area (Å²) in [7, 11) is 0. The van der Waals surface area contributed by atoms with Crippen LogP contribution in [0.2, 0.25) is 0 Å². The molecule has 0 radical (unpaired) electrons. The Kier molecular flexibility index (Phi) is 3.56. The lowest BCUT2D eigenvalue weighted by atomic mass is 9.98. The zero-order chi connectivity index (χ0) is 13.2. The predicted octanol–water partition coefficient (Wildman–Crippen LogP) is 1.90. The molecule has 0 aliphatic heterocycles. The standard InChI is InChI=1S/C9H9F3N2O3/c10-9(11,12)6(4-13)5-1-2-7(14(16)17)8(15)3-5/h1-3,6,15H,4,13H2. The van der Waals surface area contributed by atoms with Gasteiger partial charge in [0.2, 0.25) is 0 Å². The van der Waals surface area contributed by atoms with Crippen LogP contribution in [0.4, 0.5) is 18.9 Å². The van der Waals surface area contributed by atoms with Crippen molar-refractivity contribution in [3.05, 3.63) is 33.9 Å². The van der Waals surface area contributed by atoms with Crippen LogP contribution in [0.3, 0.4) is 0 Å². The molecule has 17 heavy (non-hydrogen) atoms. The van der Waals surface area contributed by atoms with Crippen molar-refractivity contribution in [3.63, 3.8) is 0 Å². The Bertz CT molecular complexity index is 434. The molecule has 0 spiro atoms. The molecule has 0 aliphatic carbocycles. The smallest absolute Gasteiger partial charge is 0.396 e. The van der Waals surface area contributed by atoms with Gasteiger partial charge in [0.25, 0.3) is 0 Å². The van der Waals surface area contributed by atoms with Gasteiger partial charge >= 0.3 is 11.9 Å². The summed E-state index contributed by atoms with van der Waals surface area (Å²) in [6.07, 6.45) is -4.56. The van der Waals surface area contributed by atoms with E-state index in [1.54, 1.807) is 0 Å². The molecular formula is C9H9F3N2O3. The number of halogens is 3. The maximum Gasteiger partial charge on any atom is 0.396 e. The number of alkyl halides is 3. The van der Waals surface area contributed by atoms with Crippen LogP contribution >= 0.6 is 0 Å². The van der Waals surface area contributed by atoms with Crippen LogP contribution in [0.15, 0.2) is 18.2 Å². The number of nitrogens with two attached hydrogens (primary N) is 1. The number of nitro benzene ring substituents is 1. The van der Waals surface area contributed by atoms with Crippen molar-refractivity contribution < 1.29 is 23.2 Å². The average Bonchev–Trinajstić information content (AvgIpc) is 2.15. The fraction of sp³-hybridized carbons (Fsp3) is 0.333. The van der Waals surface area contributed by atoms with Gasteiger partial charge in [-0.15, -0.1) is 0 Å². The van der Waals surface area contributed by atoms with Crippen molar-refractivity contribution in [3.8, 4) is 5.75 Å². The number of nitrogens with zero attached hydrogens (tertiary/aromatic N) is 1. The van der Waals surface area contributed by atoms with Gasteiger partial charge in [-0.3, -0.25) is 10.1 Å². The van der Waals surface area contributed by atoms with E-state index in [9.17, 15) is 28.4 Å². The number of rotatable bonds is 3. The van der Waals surface area contributed by atoms with Gasteiger partial charge < -0.3 is 10.8 Å². The van der Waals surface area contributed by atoms with Crippen LogP contribution in [0.1, 0.15) is 11.5 Å². The summed E-state index contributed by atoms with van der Waals surface area (Å²) in [5.41, 5.74) is 4.05. The highest BCUT2D eigenvalue weighted by molar-refractivity contribution is 5.48. The van der Waals surface area contributed by atoms with Gasteiger partial charge in [-0.1, -0.05) is 6.07 Å². The van der Waals surface area contributed by atoms with Gasteiger partial charge in [-0.2, -0.15) is 13.2 Å². The lowest BCUT2D eigenvalue weighted by molar-refractivity contribution is -0.385. The van der Waals surface area contributed by atoms with E-state index in [1.165, 1.54) is 0 Å². The van der Waals surface area contributed by atoms with E-state index in [4.69, 9.17) is 5.73 Å². The van der Waals surface area contributed by atoms with E-state index >= 15 is 0 Å². The van der Waals surface area contributed by atoms with Gasteiger partial charge in [0, 0.05) is 12.6 Å². The number of phenols is 1. The van der Waals surface area contributed by atoms with E-state index in [0.29, 0.717) is 6.07 Å². The second-order valence-corrected chi connectivity index (χ2v) is 3.34. The lowest BCUT2D eigenvalue weighted by Crippen LogP contribution is -2.27. The third-order valence-corrected chi connectivity index (χ3v) is 2.23. The summed E-state index contributed by atoms with van der Waals surface area (Å²) in [6.45, 7) is -0.694. The zero-order valence-corrected chi connectivity index (χ0v) is 8.44. The molecule has 3 N–H and O–H groups in total. The van der Waals surface area contributed by atoms with Crippen LogP contribution in [0.5, 0.6) is 5.75 Å². The molecule has 0 heterocycles. The number of hydrogen-bond donors (Lipinski definition) is 2. The van der Waals surface area contributed by atoms with Gasteiger partial charge in [0.05, 0.1) is 10.8 Å². The fourth-order valence-corrected chi connectivity index (χ4v) is 1.37. The first-order valence-electron chi connectivity index (χ1n) is 4.51. The Labute approximate surface area is 93.8 Å². The summed E-state index contributed by atoms with van der Waals surface area (Å²) >= 11 is 0. The summed E-state index contributed by atoms with van der Waals surface area (Å²) in [5.74, 6) is -2.76. The van der Waals surface area contributed by atoms with Crippen LogP contribution < -0.4 is 5.73 Å². The first-order valence-corrected chi connectivity index (χ1v) is 4.51. The number of benzene rings is 1. The zero-order valence-electron chi connectivity index (χ0n) is 8.44. The van der Waals surface area contributed by atoms with Crippen molar-refractivity contribution in [2.45, 2.75) is 12.1 Å². The van der Waals surface area contributed by atoms with E-state index < -0.39 is 35.0 Å². The molecule has 0 fully saturated rings. The first kappa shape index (κ1) is 13.2. The summed E-state index contributed by atoms with van der Waals surface area (Å²) in [4.78, 5) is 9.48. The maximum atomic E-state index is 12.5. The second-order valence-electron chi connectivity index (χ2n) is 3.34. The lowest BCUT2D eigenvalue weighted by Gasteiger charge is -2.18. The number of phenolic OH excluding ortho intramolecular Hbond substituents is 1. The van der Waals surface area contributed by atoms with Crippen LogP contribution in [0.25, 0.3) is 0 Å². The minimum atomic E-state index is -4.56. The molecule has 1 aromatic rings. The molecule has 0 amide bonds. The minimum Gasteiger partial charge on any atom is -0.502 e. The van der Waals surface area contributed by atoms with Crippen LogP contribution in [-0.2, 0) is 0 Å². The third kappa shape index (κ3) is 2.84. The molecule has 0 saturated heterocycles. The molecule has 0 bridgehead atoms. The Balaban J connectivity index is 3.16. The Hall–Kier alpha value is -1.83. The first-order chi connectivity index (χ1) is 7.77. The van der Waals surface area contributed by atoms with E-state index in [0.717, 1.165) is 12.1 Å². The monoisotopic (exact) mass is 250 g/mol. The van der Waals surface area contributed by atoms with E-state index in [1.807, 2.05) is 0 Å². The van der Waals surface area contributed by atoms with Crippen molar-refractivity contribution >= 4 is 5.69 Å². The van der Waals surface area contributed by atoms with Gasteiger partial charge in [0.1, 0.15) is 0 Å². The normalized spacial score (nSPS) is 13.4. The van der Waals surface area contributed by atoms with Crippen molar-refractivity contribution in [2.75, 3.05) is 6.54 Å². The Morgan fingerprint density at radius 3 is 2.41 bits per heavy atom. The van der Waals surface area contributed by atoms with Gasteiger partial charge in [0.15, 0.2) is 5.75 Å². The Morgan fingerprint density at radius 1 is 1.47 bits per heavy atom. The van der Waals surface area contributed by atoms with Crippen molar-refractivity contribution in [1.29, 1.82) is 0 Å². The molecule has 1 atom stereocenters. The average molecular weight is 250 g/mol. The predicted molar refractivity (Wildman–Crippen MR) is 52.6 cm³/mol. The molecule has 94 valence electrons. The van der Waals surface area contributed by atoms with Crippen molar-refractivity contribution in [2.24, 2.45) is 5.73 Å². The Morgan fingerprint density at radius 2 is 2.06 bits per heavy atom. The van der Waals surface area contributed by atoms with Crippen LogP contribution in [-0.4, -0.2) is 22.8 Å². The van der Waals surface area contributed by atoms with Crippen LogP contribution in [0, 0.1) is 10.1 Å². The summed E-state index contributed by atoms with van der Waals surface area (Å²) in [6, 6.07) is 2.46. The third-order valence-electron chi connectivity index (χ3n) is 2.23. The minimum absolute atomic E-state index is 0.303. The summed E-state index contributed by atoms with van der Waals surface area (Å²) in [5, 5.41) is 19.6. The molecule has 1 unspecified atom stereocenters. The highest BCUT2D eigenvalue weighted by atomic mass is 19.4. The fourth-order valence-electron chi connectivity index (χ4n) is 1.37. The topological polar surface area (TPSA) is 89.4 Å². The van der Waals surface area contributed by atoms with Gasteiger partial charge in [-0.05, 0) is 11.6 Å². The summed E-state index contributed by atoms with van der Waals surface area (Å²) < 4.78 is 37.5. The second kappa shape index (κ2) is 4.58. The molecule has 8 heteroatoms.